The van der Waals surface area contributed by atoms with Gasteiger partial charge < -0.3 is 9.47 Å². The molecule has 0 aromatic heterocycles. The Morgan fingerprint density at radius 1 is 1.24 bits per heavy atom. The van der Waals surface area contributed by atoms with Crippen LogP contribution in [-0.4, -0.2) is 20.4 Å². The van der Waals surface area contributed by atoms with Crippen LogP contribution in [0.5, 0.6) is 11.5 Å². The second-order valence-corrected chi connectivity index (χ2v) is 4.40. The highest BCUT2D eigenvalue weighted by molar-refractivity contribution is 9.09. The average molecular weight is 334 g/mol. The monoisotopic (exact) mass is 332 g/mol. The molecule has 0 aliphatic carbocycles. The smallest absolute Gasteiger partial charge is 0.405 e. The zero-order valence-corrected chi connectivity index (χ0v) is 11.3. The van der Waals surface area contributed by atoms with Crippen LogP contribution in [0, 0.1) is 0 Å². The van der Waals surface area contributed by atoms with E-state index in [4.69, 9.17) is 21.1 Å². The van der Waals surface area contributed by atoms with Crippen molar-refractivity contribution in [3.8, 4) is 11.5 Å². The van der Waals surface area contributed by atoms with Crippen molar-refractivity contribution in [3.05, 3.63) is 22.7 Å². The van der Waals surface area contributed by atoms with E-state index in [0.29, 0.717) is 0 Å². The molecule has 0 saturated carbocycles. The van der Waals surface area contributed by atoms with Crippen molar-refractivity contribution in [3.63, 3.8) is 0 Å². The molecule has 0 bridgehead atoms. The van der Waals surface area contributed by atoms with Crippen LogP contribution < -0.4 is 9.47 Å². The third-order valence-corrected chi connectivity index (χ3v) is 3.45. The highest BCUT2D eigenvalue weighted by Gasteiger charge is 2.41. The number of methoxy groups -OCH3 is 2. The zero-order chi connectivity index (χ0) is 13.2. The van der Waals surface area contributed by atoms with Gasteiger partial charge in [0.25, 0.3) is 0 Å². The van der Waals surface area contributed by atoms with E-state index in [1.54, 1.807) is 0 Å². The summed E-state index contributed by atoms with van der Waals surface area (Å²) in [6, 6.07) is 2.62. The van der Waals surface area contributed by atoms with Gasteiger partial charge in [-0.25, -0.2) is 0 Å². The van der Waals surface area contributed by atoms with Crippen LogP contribution in [0.1, 0.15) is 10.4 Å². The molecule has 0 spiro atoms. The second-order valence-electron chi connectivity index (χ2n) is 3.11. The van der Waals surface area contributed by atoms with Gasteiger partial charge in [-0.1, -0.05) is 33.6 Å². The molecule has 96 valence electrons. The third-order valence-electron chi connectivity index (χ3n) is 2.08. The first kappa shape index (κ1) is 14.4. The molecule has 1 aromatic rings. The summed E-state index contributed by atoms with van der Waals surface area (Å²) in [6.45, 7) is 0. The number of benzene rings is 1. The summed E-state index contributed by atoms with van der Waals surface area (Å²) < 4.78 is 47.6. The molecule has 17 heavy (non-hydrogen) atoms. The fourth-order valence-electron chi connectivity index (χ4n) is 1.29. The summed E-state index contributed by atoms with van der Waals surface area (Å²) in [6.07, 6.45) is -4.43. The van der Waals surface area contributed by atoms with Gasteiger partial charge in [0.2, 0.25) is 0 Å². The number of hydrogen-bond acceptors (Lipinski definition) is 2. The first-order valence-electron chi connectivity index (χ1n) is 4.44. The van der Waals surface area contributed by atoms with E-state index < -0.39 is 11.0 Å². The number of rotatable bonds is 3. The van der Waals surface area contributed by atoms with Crippen LogP contribution in [0.15, 0.2) is 12.1 Å². The van der Waals surface area contributed by atoms with Crippen molar-refractivity contribution in [2.45, 2.75) is 11.0 Å². The van der Waals surface area contributed by atoms with Gasteiger partial charge in [-0.2, -0.15) is 13.2 Å². The molecule has 7 heteroatoms. The molecule has 0 saturated heterocycles. The molecule has 0 heterocycles. The number of hydrogen-bond donors (Lipinski definition) is 0. The molecule has 0 aliphatic heterocycles. The Balaban J connectivity index is 3.31. The van der Waals surface area contributed by atoms with E-state index in [9.17, 15) is 13.2 Å². The molecule has 0 aliphatic rings. The standard InChI is InChI=1S/C10H9BrClF3O2/c1-16-6-4-3-5(8(17-2)7(6)12)9(11)10(13,14)15/h3-4,9H,1-2H3. The quantitative estimate of drug-likeness (QED) is 0.765. The average Bonchev–Trinajstić information content (AvgIpc) is 2.26. The minimum atomic E-state index is -4.43. The van der Waals surface area contributed by atoms with Gasteiger partial charge in [-0.05, 0) is 6.07 Å². The fraction of sp³-hybridized carbons (Fsp3) is 0.400. The van der Waals surface area contributed by atoms with Crippen molar-refractivity contribution in [1.29, 1.82) is 0 Å². The lowest BCUT2D eigenvalue weighted by Gasteiger charge is -2.19. The maximum atomic E-state index is 12.6. The van der Waals surface area contributed by atoms with Crippen LogP contribution in [0.4, 0.5) is 13.2 Å². The Bertz CT molecular complexity index is 409. The Kier molecular flexibility index (Phi) is 4.55. The first-order chi connectivity index (χ1) is 7.82. The molecular weight excluding hydrogens is 324 g/mol. The number of ether oxygens (including phenoxy) is 2. The van der Waals surface area contributed by atoms with Gasteiger partial charge in [0.1, 0.15) is 21.3 Å². The third kappa shape index (κ3) is 2.98. The molecule has 0 radical (unpaired) electrons. The summed E-state index contributed by atoms with van der Waals surface area (Å²) in [5.41, 5.74) is -0.0919. The molecular formula is C10H9BrClF3O2. The Hall–Kier alpha value is -0.620. The van der Waals surface area contributed by atoms with Crippen LogP contribution in [0.25, 0.3) is 0 Å². The van der Waals surface area contributed by atoms with E-state index in [1.807, 2.05) is 0 Å². The van der Waals surface area contributed by atoms with Crippen molar-refractivity contribution in [1.82, 2.24) is 0 Å². The van der Waals surface area contributed by atoms with Gasteiger partial charge in [-0.3, -0.25) is 0 Å². The van der Waals surface area contributed by atoms with E-state index in [2.05, 4.69) is 15.9 Å². The molecule has 1 rings (SSSR count). The normalized spacial score (nSPS) is 13.4. The Morgan fingerprint density at radius 3 is 2.24 bits per heavy atom. The van der Waals surface area contributed by atoms with Gasteiger partial charge >= 0.3 is 6.18 Å². The van der Waals surface area contributed by atoms with E-state index >= 15 is 0 Å². The molecule has 0 fully saturated rings. The Morgan fingerprint density at radius 2 is 1.82 bits per heavy atom. The summed E-state index contributed by atoms with van der Waals surface area (Å²) in [5, 5.41) is 0.0150. The molecule has 1 atom stereocenters. The van der Waals surface area contributed by atoms with Gasteiger partial charge in [0.05, 0.1) is 14.2 Å². The zero-order valence-electron chi connectivity index (χ0n) is 8.94. The highest BCUT2D eigenvalue weighted by atomic mass is 79.9. The predicted octanol–water partition coefficient (Wildman–Crippen LogP) is 4.36. The van der Waals surface area contributed by atoms with Gasteiger partial charge in [0.15, 0.2) is 0 Å². The summed E-state index contributed by atoms with van der Waals surface area (Å²) >= 11 is 8.44. The van der Waals surface area contributed by atoms with Crippen LogP contribution >= 0.6 is 27.5 Å². The SMILES string of the molecule is COc1ccc(C(Br)C(F)(F)F)c(OC)c1Cl. The number of alkyl halides is 4. The minimum absolute atomic E-state index is 0.0150. The summed E-state index contributed by atoms with van der Waals surface area (Å²) in [4.78, 5) is -1.84. The molecule has 2 nitrogen and oxygen atoms in total. The maximum absolute atomic E-state index is 12.6. The topological polar surface area (TPSA) is 18.5 Å². The van der Waals surface area contributed by atoms with E-state index in [-0.39, 0.29) is 22.1 Å². The van der Waals surface area contributed by atoms with Gasteiger partial charge in [0, 0.05) is 5.56 Å². The fourth-order valence-corrected chi connectivity index (χ4v) is 1.98. The largest absolute Gasteiger partial charge is 0.495 e. The lowest BCUT2D eigenvalue weighted by molar-refractivity contribution is -0.128. The lowest BCUT2D eigenvalue weighted by atomic mass is 10.1. The maximum Gasteiger partial charge on any atom is 0.405 e. The Labute approximate surface area is 110 Å². The first-order valence-corrected chi connectivity index (χ1v) is 5.73. The second kappa shape index (κ2) is 5.35. The molecule has 0 N–H and O–H groups in total. The van der Waals surface area contributed by atoms with Gasteiger partial charge in [-0.15, -0.1) is 0 Å². The summed E-state index contributed by atoms with van der Waals surface area (Å²) in [7, 11) is 2.62. The van der Waals surface area contributed by atoms with Crippen LogP contribution in [0.2, 0.25) is 5.02 Å². The number of halogens is 5. The van der Waals surface area contributed by atoms with Crippen molar-refractivity contribution >= 4 is 27.5 Å². The summed E-state index contributed by atoms with van der Waals surface area (Å²) in [5.74, 6) is 0.208. The van der Waals surface area contributed by atoms with E-state index in [0.717, 1.165) is 0 Å². The van der Waals surface area contributed by atoms with Crippen molar-refractivity contribution in [2.75, 3.05) is 14.2 Å². The van der Waals surface area contributed by atoms with Crippen LogP contribution in [-0.2, 0) is 0 Å². The van der Waals surface area contributed by atoms with Crippen molar-refractivity contribution < 1.29 is 22.6 Å². The highest BCUT2D eigenvalue weighted by Crippen LogP contribution is 2.47. The van der Waals surface area contributed by atoms with E-state index in [1.165, 1.54) is 26.4 Å². The predicted molar refractivity (Wildman–Crippen MR) is 62.3 cm³/mol. The van der Waals surface area contributed by atoms with Crippen LogP contribution in [0.3, 0.4) is 0 Å². The molecule has 1 aromatic carbocycles. The molecule has 1 unspecified atom stereocenters. The lowest BCUT2D eigenvalue weighted by Crippen LogP contribution is -2.16. The minimum Gasteiger partial charge on any atom is -0.495 e. The molecule has 0 amide bonds. The van der Waals surface area contributed by atoms with Crippen molar-refractivity contribution in [2.24, 2.45) is 0 Å².